The van der Waals surface area contributed by atoms with Crippen LogP contribution in [-0.2, 0) is 6.42 Å². The first-order valence-corrected chi connectivity index (χ1v) is 6.44. The quantitative estimate of drug-likeness (QED) is 0.849. The topological polar surface area (TPSA) is 53.6 Å². The van der Waals surface area contributed by atoms with E-state index in [2.05, 4.69) is 20.3 Å². The van der Waals surface area contributed by atoms with Crippen molar-refractivity contribution in [3.8, 4) is 10.7 Å². The maximum absolute atomic E-state index is 4.42. The van der Waals surface area contributed by atoms with Gasteiger partial charge in [0.2, 0.25) is 0 Å². The smallest absolute Gasteiger partial charge is 0.141 e. The van der Waals surface area contributed by atoms with Gasteiger partial charge in [0.1, 0.15) is 10.8 Å². The molecule has 0 saturated carbocycles. The van der Waals surface area contributed by atoms with E-state index in [1.54, 1.807) is 11.3 Å². The Hall–Kier alpha value is -1.20. The first-order chi connectivity index (χ1) is 7.92. The summed E-state index contributed by atoms with van der Waals surface area (Å²) in [6, 6.07) is 0. The predicted molar refractivity (Wildman–Crippen MR) is 64.4 cm³/mol. The highest BCUT2D eigenvalue weighted by Crippen LogP contribution is 2.20. The molecule has 16 heavy (non-hydrogen) atoms. The lowest BCUT2D eigenvalue weighted by molar-refractivity contribution is 0.565. The van der Waals surface area contributed by atoms with Crippen molar-refractivity contribution in [3.63, 3.8) is 0 Å². The monoisotopic (exact) mass is 234 g/mol. The first-order valence-electron chi connectivity index (χ1n) is 5.56. The van der Waals surface area contributed by atoms with Crippen LogP contribution >= 0.6 is 11.3 Å². The molecule has 84 valence electrons. The van der Waals surface area contributed by atoms with Gasteiger partial charge in [-0.1, -0.05) is 0 Å². The van der Waals surface area contributed by atoms with E-state index in [0.717, 1.165) is 42.0 Å². The zero-order valence-electron chi connectivity index (χ0n) is 8.94. The molecule has 0 bridgehead atoms. The predicted octanol–water partition coefficient (Wildman–Crippen LogP) is 1.69. The van der Waals surface area contributed by atoms with Gasteiger partial charge in [-0.2, -0.15) is 0 Å². The highest BCUT2D eigenvalue weighted by molar-refractivity contribution is 7.13. The number of thiazole rings is 1. The summed E-state index contributed by atoms with van der Waals surface area (Å²) in [7, 11) is 0. The first kappa shape index (κ1) is 9.99. The van der Waals surface area contributed by atoms with Gasteiger partial charge in [0, 0.05) is 18.0 Å². The minimum Gasteiger partial charge on any atom is -0.340 e. The number of imidazole rings is 1. The van der Waals surface area contributed by atoms with Crippen LogP contribution in [0.15, 0.2) is 17.8 Å². The molecule has 5 heteroatoms. The molecule has 1 saturated heterocycles. The summed E-state index contributed by atoms with van der Waals surface area (Å²) in [5, 5.41) is 6.37. The molecule has 3 heterocycles. The van der Waals surface area contributed by atoms with Crippen LogP contribution in [-0.4, -0.2) is 28.0 Å². The Bertz CT molecular complexity index is 442. The number of nitrogens with one attached hydrogen (secondary N) is 2. The normalized spacial score (nSPS) is 20.4. The molecule has 0 aliphatic carbocycles. The third kappa shape index (κ3) is 2.01. The Balaban J connectivity index is 1.72. The highest BCUT2D eigenvalue weighted by atomic mass is 32.1. The summed E-state index contributed by atoms with van der Waals surface area (Å²) in [5.74, 6) is 1.81. The van der Waals surface area contributed by atoms with Gasteiger partial charge in [-0.15, -0.1) is 11.3 Å². The van der Waals surface area contributed by atoms with Crippen LogP contribution in [0, 0.1) is 5.92 Å². The van der Waals surface area contributed by atoms with Crippen LogP contribution in [0.1, 0.15) is 12.2 Å². The SMILES string of the molecule is c1csc(-c2cnc(CC3CCNC3)[nH]2)n1. The Morgan fingerprint density at radius 2 is 2.44 bits per heavy atom. The molecule has 1 atom stereocenters. The van der Waals surface area contributed by atoms with Crippen LogP contribution in [0.2, 0.25) is 0 Å². The molecule has 0 amide bonds. The summed E-state index contributed by atoms with van der Waals surface area (Å²) in [5.41, 5.74) is 1.04. The van der Waals surface area contributed by atoms with Gasteiger partial charge in [-0.25, -0.2) is 9.97 Å². The minimum atomic E-state index is 0.732. The van der Waals surface area contributed by atoms with Crippen molar-refractivity contribution in [2.24, 2.45) is 5.92 Å². The van der Waals surface area contributed by atoms with Gasteiger partial charge in [0.05, 0.1) is 11.9 Å². The second-order valence-corrected chi connectivity index (χ2v) is 5.04. The number of aromatic amines is 1. The molecule has 1 aliphatic rings. The van der Waals surface area contributed by atoms with Crippen molar-refractivity contribution < 1.29 is 0 Å². The standard InChI is InChI=1S/C11H14N4S/c1-2-12-6-8(1)5-10-14-7-9(15-10)11-13-3-4-16-11/h3-4,7-8,12H,1-2,5-6H2,(H,14,15). The molecular weight excluding hydrogens is 220 g/mol. The molecule has 0 aromatic carbocycles. The molecule has 4 nitrogen and oxygen atoms in total. The van der Waals surface area contributed by atoms with E-state index < -0.39 is 0 Å². The van der Waals surface area contributed by atoms with E-state index in [9.17, 15) is 0 Å². The van der Waals surface area contributed by atoms with Gasteiger partial charge in [0.15, 0.2) is 0 Å². The van der Waals surface area contributed by atoms with E-state index in [1.807, 2.05) is 17.8 Å². The van der Waals surface area contributed by atoms with Crippen molar-refractivity contribution in [1.29, 1.82) is 0 Å². The van der Waals surface area contributed by atoms with Crippen molar-refractivity contribution in [1.82, 2.24) is 20.3 Å². The van der Waals surface area contributed by atoms with Crippen molar-refractivity contribution >= 4 is 11.3 Å². The lowest BCUT2D eigenvalue weighted by Gasteiger charge is -2.04. The summed E-state index contributed by atoms with van der Waals surface area (Å²) < 4.78 is 0. The fourth-order valence-corrected chi connectivity index (χ4v) is 2.70. The molecule has 1 aliphatic heterocycles. The molecule has 0 spiro atoms. The molecular formula is C11H14N4S. The average molecular weight is 234 g/mol. The average Bonchev–Trinajstić information content (AvgIpc) is 2.99. The molecule has 2 aromatic rings. The largest absolute Gasteiger partial charge is 0.340 e. The van der Waals surface area contributed by atoms with Crippen LogP contribution < -0.4 is 5.32 Å². The van der Waals surface area contributed by atoms with Crippen LogP contribution in [0.25, 0.3) is 10.7 Å². The Morgan fingerprint density at radius 1 is 1.44 bits per heavy atom. The Labute approximate surface area is 98.1 Å². The second-order valence-electron chi connectivity index (χ2n) is 4.14. The Kier molecular flexibility index (Phi) is 2.71. The van der Waals surface area contributed by atoms with Gasteiger partial charge in [-0.05, 0) is 25.4 Å². The van der Waals surface area contributed by atoms with Crippen LogP contribution in [0.4, 0.5) is 0 Å². The van der Waals surface area contributed by atoms with E-state index >= 15 is 0 Å². The minimum absolute atomic E-state index is 0.732. The molecule has 0 radical (unpaired) electrons. The summed E-state index contributed by atoms with van der Waals surface area (Å²) in [6.45, 7) is 2.26. The molecule has 1 unspecified atom stereocenters. The third-order valence-electron chi connectivity index (χ3n) is 2.94. The summed E-state index contributed by atoms with van der Waals surface area (Å²) >= 11 is 1.64. The van der Waals surface area contributed by atoms with Gasteiger partial charge in [-0.3, -0.25) is 0 Å². The Morgan fingerprint density at radius 3 is 3.19 bits per heavy atom. The number of hydrogen-bond donors (Lipinski definition) is 2. The van der Waals surface area contributed by atoms with Gasteiger partial charge >= 0.3 is 0 Å². The summed E-state index contributed by atoms with van der Waals surface area (Å²) in [4.78, 5) is 12.0. The van der Waals surface area contributed by atoms with Crippen molar-refractivity contribution in [2.45, 2.75) is 12.8 Å². The lowest BCUT2D eigenvalue weighted by atomic mass is 10.1. The zero-order valence-corrected chi connectivity index (χ0v) is 9.76. The molecule has 2 aromatic heterocycles. The van der Waals surface area contributed by atoms with E-state index in [0.29, 0.717) is 0 Å². The maximum Gasteiger partial charge on any atom is 0.141 e. The summed E-state index contributed by atoms with van der Waals surface area (Å²) in [6.07, 6.45) is 6.00. The number of hydrogen-bond acceptors (Lipinski definition) is 4. The maximum atomic E-state index is 4.42. The molecule has 3 rings (SSSR count). The third-order valence-corrected chi connectivity index (χ3v) is 3.74. The van der Waals surface area contributed by atoms with Crippen molar-refractivity contribution in [2.75, 3.05) is 13.1 Å². The fraction of sp³-hybridized carbons (Fsp3) is 0.455. The van der Waals surface area contributed by atoms with Gasteiger partial charge < -0.3 is 10.3 Å². The zero-order chi connectivity index (χ0) is 10.8. The van der Waals surface area contributed by atoms with Crippen molar-refractivity contribution in [3.05, 3.63) is 23.6 Å². The lowest BCUT2D eigenvalue weighted by Crippen LogP contribution is -2.11. The van der Waals surface area contributed by atoms with Gasteiger partial charge in [0.25, 0.3) is 0 Å². The highest BCUT2D eigenvalue weighted by Gasteiger charge is 2.16. The number of rotatable bonds is 3. The number of aromatic nitrogens is 3. The number of nitrogens with zero attached hydrogens (tertiary/aromatic N) is 2. The molecule has 2 N–H and O–H groups in total. The van der Waals surface area contributed by atoms with E-state index in [-0.39, 0.29) is 0 Å². The number of H-pyrrole nitrogens is 1. The van der Waals surface area contributed by atoms with E-state index in [4.69, 9.17) is 0 Å². The van der Waals surface area contributed by atoms with Crippen LogP contribution in [0.3, 0.4) is 0 Å². The van der Waals surface area contributed by atoms with E-state index in [1.165, 1.54) is 6.42 Å². The fourth-order valence-electron chi connectivity index (χ4n) is 2.09. The van der Waals surface area contributed by atoms with Crippen LogP contribution in [0.5, 0.6) is 0 Å². The second kappa shape index (κ2) is 4.35. The molecule has 1 fully saturated rings.